The predicted molar refractivity (Wildman–Crippen MR) is 83.3 cm³/mol. The van der Waals surface area contributed by atoms with E-state index in [0.717, 1.165) is 38.7 Å². The Kier molecular flexibility index (Phi) is 10.3. The van der Waals surface area contributed by atoms with Gasteiger partial charge in [-0.15, -0.1) is 0 Å². The molecule has 118 valence electrons. The minimum Gasteiger partial charge on any atom is -0.385 e. The quantitative estimate of drug-likeness (QED) is 0.310. The molecule has 0 aromatic heterocycles. The molecule has 1 saturated carbocycles. The summed E-state index contributed by atoms with van der Waals surface area (Å²) in [5, 5.41) is 6.53. The summed E-state index contributed by atoms with van der Waals surface area (Å²) < 4.78 is 10.9. The normalized spacial score (nSPS) is 17.8. The molecule has 0 heterocycles. The monoisotopic (exact) mass is 285 g/mol. The fourth-order valence-electron chi connectivity index (χ4n) is 2.45. The first-order valence-corrected chi connectivity index (χ1v) is 7.92. The van der Waals surface area contributed by atoms with Gasteiger partial charge in [0.15, 0.2) is 5.96 Å². The smallest absolute Gasteiger partial charge is 0.191 e. The molecular formula is C15H31N3O2. The lowest BCUT2D eigenvalue weighted by molar-refractivity contribution is 0.0468. The first-order chi connectivity index (χ1) is 9.86. The molecular weight excluding hydrogens is 254 g/mol. The van der Waals surface area contributed by atoms with Crippen molar-refractivity contribution >= 4 is 5.96 Å². The van der Waals surface area contributed by atoms with Gasteiger partial charge in [0.1, 0.15) is 0 Å². The minimum atomic E-state index is 0.468. The molecule has 0 aliphatic heterocycles. The summed E-state index contributed by atoms with van der Waals surface area (Å²) >= 11 is 0. The number of guanidine groups is 1. The van der Waals surface area contributed by atoms with Gasteiger partial charge in [0, 0.05) is 33.9 Å². The second-order valence-corrected chi connectivity index (χ2v) is 5.26. The van der Waals surface area contributed by atoms with Crippen LogP contribution >= 0.6 is 0 Å². The molecule has 0 aromatic carbocycles. The van der Waals surface area contributed by atoms with E-state index in [2.05, 4.69) is 15.6 Å². The van der Waals surface area contributed by atoms with E-state index in [1.54, 1.807) is 14.2 Å². The summed E-state index contributed by atoms with van der Waals surface area (Å²) in [6.45, 7) is 3.20. The summed E-state index contributed by atoms with van der Waals surface area (Å²) in [6, 6.07) is 0. The van der Waals surface area contributed by atoms with E-state index >= 15 is 0 Å². The first-order valence-electron chi connectivity index (χ1n) is 7.92. The zero-order chi connectivity index (χ0) is 14.5. The summed E-state index contributed by atoms with van der Waals surface area (Å²) in [6.07, 6.45) is 9.29. The Morgan fingerprint density at radius 1 is 1.05 bits per heavy atom. The van der Waals surface area contributed by atoms with Crippen molar-refractivity contribution in [3.05, 3.63) is 0 Å². The van der Waals surface area contributed by atoms with Crippen molar-refractivity contribution in [3.63, 3.8) is 0 Å². The summed E-state index contributed by atoms with van der Waals surface area (Å²) in [5.74, 6) is 0.838. The maximum absolute atomic E-state index is 5.94. The Hall–Kier alpha value is -0.810. The van der Waals surface area contributed by atoms with Gasteiger partial charge in [-0.2, -0.15) is 0 Å². The highest BCUT2D eigenvalue weighted by atomic mass is 16.5. The van der Waals surface area contributed by atoms with Crippen LogP contribution in [0.5, 0.6) is 0 Å². The predicted octanol–water partition coefficient (Wildman–Crippen LogP) is 1.93. The second kappa shape index (κ2) is 12.0. The molecule has 5 nitrogen and oxygen atoms in total. The Morgan fingerprint density at radius 2 is 1.75 bits per heavy atom. The Balaban J connectivity index is 2.02. The van der Waals surface area contributed by atoms with Crippen molar-refractivity contribution in [2.45, 2.75) is 51.0 Å². The highest BCUT2D eigenvalue weighted by Crippen LogP contribution is 2.19. The number of hydrogen-bond acceptors (Lipinski definition) is 3. The van der Waals surface area contributed by atoms with Gasteiger partial charge < -0.3 is 20.1 Å². The van der Waals surface area contributed by atoms with Gasteiger partial charge in [0.2, 0.25) is 0 Å². The summed E-state index contributed by atoms with van der Waals surface area (Å²) in [4.78, 5) is 4.18. The van der Waals surface area contributed by atoms with E-state index in [0.29, 0.717) is 6.10 Å². The third kappa shape index (κ3) is 8.38. The molecule has 0 spiro atoms. The number of nitrogens with zero attached hydrogens (tertiary/aromatic N) is 1. The number of nitrogens with one attached hydrogen (secondary N) is 2. The molecule has 1 aliphatic rings. The highest BCUT2D eigenvalue weighted by molar-refractivity contribution is 5.79. The van der Waals surface area contributed by atoms with Crippen LogP contribution in [0.3, 0.4) is 0 Å². The van der Waals surface area contributed by atoms with Crippen LogP contribution in [0.2, 0.25) is 0 Å². The molecule has 5 heteroatoms. The van der Waals surface area contributed by atoms with E-state index in [9.17, 15) is 0 Å². The fourth-order valence-corrected chi connectivity index (χ4v) is 2.45. The topological polar surface area (TPSA) is 54.9 Å². The van der Waals surface area contributed by atoms with Crippen LogP contribution in [0.4, 0.5) is 0 Å². The van der Waals surface area contributed by atoms with Gasteiger partial charge in [-0.25, -0.2) is 0 Å². The summed E-state index contributed by atoms with van der Waals surface area (Å²) in [7, 11) is 3.51. The van der Waals surface area contributed by atoms with Crippen molar-refractivity contribution in [1.82, 2.24) is 10.6 Å². The molecule has 0 radical (unpaired) electrons. The Labute approximate surface area is 123 Å². The number of aliphatic imine (C=N–C) groups is 1. The minimum absolute atomic E-state index is 0.468. The number of methoxy groups -OCH3 is 1. The van der Waals surface area contributed by atoms with Gasteiger partial charge in [-0.05, 0) is 19.3 Å². The summed E-state index contributed by atoms with van der Waals surface area (Å²) in [5.41, 5.74) is 0. The third-order valence-corrected chi connectivity index (χ3v) is 3.59. The van der Waals surface area contributed by atoms with Crippen LogP contribution in [-0.2, 0) is 9.47 Å². The van der Waals surface area contributed by atoms with Crippen LogP contribution in [0.25, 0.3) is 0 Å². The van der Waals surface area contributed by atoms with E-state index < -0.39 is 0 Å². The molecule has 0 saturated heterocycles. The molecule has 0 aromatic rings. The number of hydrogen-bond donors (Lipinski definition) is 2. The largest absolute Gasteiger partial charge is 0.385 e. The Bertz CT molecular complexity index is 252. The van der Waals surface area contributed by atoms with Gasteiger partial charge in [0.25, 0.3) is 0 Å². The van der Waals surface area contributed by atoms with Crippen LogP contribution in [0.1, 0.15) is 44.9 Å². The molecule has 1 aliphatic carbocycles. The molecule has 20 heavy (non-hydrogen) atoms. The van der Waals surface area contributed by atoms with E-state index in [4.69, 9.17) is 9.47 Å². The maximum atomic E-state index is 5.94. The van der Waals surface area contributed by atoms with Crippen molar-refractivity contribution < 1.29 is 9.47 Å². The van der Waals surface area contributed by atoms with E-state index in [1.165, 1.54) is 38.5 Å². The van der Waals surface area contributed by atoms with Gasteiger partial charge in [-0.1, -0.05) is 25.7 Å². The standard InChI is InChI=1S/C15H31N3O2/c1-16-15(17-10-7-12-19-2)18-11-13-20-14-8-5-3-4-6-9-14/h14H,3-13H2,1-2H3,(H2,16,17,18). The van der Waals surface area contributed by atoms with E-state index in [-0.39, 0.29) is 0 Å². The van der Waals surface area contributed by atoms with Gasteiger partial charge >= 0.3 is 0 Å². The van der Waals surface area contributed by atoms with Gasteiger partial charge in [0.05, 0.1) is 12.7 Å². The lowest BCUT2D eigenvalue weighted by Gasteiger charge is -2.16. The van der Waals surface area contributed by atoms with Crippen LogP contribution < -0.4 is 10.6 Å². The second-order valence-electron chi connectivity index (χ2n) is 5.26. The van der Waals surface area contributed by atoms with Crippen molar-refractivity contribution in [1.29, 1.82) is 0 Å². The van der Waals surface area contributed by atoms with Crippen LogP contribution in [0.15, 0.2) is 4.99 Å². The third-order valence-electron chi connectivity index (χ3n) is 3.59. The molecule has 0 atom stereocenters. The van der Waals surface area contributed by atoms with Gasteiger partial charge in [-0.3, -0.25) is 4.99 Å². The van der Waals surface area contributed by atoms with Crippen LogP contribution in [0, 0.1) is 0 Å². The first kappa shape index (κ1) is 17.2. The molecule has 0 amide bonds. The average Bonchev–Trinajstić information content (AvgIpc) is 2.74. The zero-order valence-electron chi connectivity index (χ0n) is 13.1. The highest BCUT2D eigenvalue weighted by Gasteiger charge is 2.11. The van der Waals surface area contributed by atoms with E-state index in [1.807, 2.05) is 0 Å². The fraction of sp³-hybridized carbons (Fsp3) is 0.933. The van der Waals surface area contributed by atoms with Crippen LogP contribution in [-0.4, -0.2) is 52.5 Å². The number of ether oxygens (including phenoxy) is 2. The molecule has 1 rings (SSSR count). The van der Waals surface area contributed by atoms with Crippen molar-refractivity contribution in [2.24, 2.45) is 4.99 Å². The lowest BCUT2D eigenvalue weighted by Crippen LogP contribution is -2.39. The molecule has 0 bridgehead atoms. The number of rotatable bonds is 8. The lowest BCUT2D eigenvalue weighted by atomic mass is 10.1. The Morgan fingerprint density at radius 3 is 2.40 bits per heavy atom. The van der Waals surface area contributed by atoms with Crippen molar-refractivity contribution in [3.8, 4) is 0 Å². The SMILES string of the molecule is CN=C(NCCCOC)NCCOC1CCCCCC1. The molecule has 0 unspecified atom stereocenters. The maximum Gasteiger partial charge on any atom is 0.191 e. The molecule has 2 N–H and O–H groups in total. The average molecular weight is 285 g/mol. The zero-order valence-corrected chi connectivity index (χ0v) is 13.1. The molecule has 1 fully saturated rings. The van der Waals surface area contributed by atoms with Crippen molar-refractivity contribution in [2.75, 3.05) is 40.5 Å².